The highest BCUT2D eigenvalue weighted by Crippen LogP contribution is 2.21. The van der Waals surface area contributed by atoms with Crippen LogP contribution < -0.4 is 4.74 Å². The van der Waals surface area contributed by atoms with Crippen LogP contribution in [0.25, 0.3) is 10.8 Å². The zero-order chi connectivity index (χ0) is 20.1. The Hall–Kier alpha value is -3.51. The predicted octanol–water partition coefficient (Wildman–Crippen LogP) is 5.13. The van der Waals surface area contributed by atoms with Gasteiger partial charge >= 0.3 is 0 Å². The molecule has 6 heteroatoms. The van der Waals surface area contributed by atoms with Crippen LogP contribution in [0.4, 0.5) is 0 Å². The molecule has 4 rings (SSSR count). The second kappa shape index (κ2) is 8.67. The van der Waals surface area contributed by atoms with Gasteiger partial charge in [-0.2, -0.15) is 14.9 Å². The molecule has 0 aliphatic heterocycles. The lowest BCUT2D eigenvalue weighted by atomic mass is 10.0. The highest BCUT2D eigenvalue weighted by atomic mass is 32.1. The average Bonchev–Trinajstić information content (AvgIpc) is 3.10. The van der Waals surface area contributed by atoms with Crippen molar-refractivity contribution in [3.63, 3.8) is 0 Å². The largest absolute Gasteiger partial charge is 0.490 e. The van der Waals surface area contributed by atoms with Crippen LogP contribution in [0.3, 0.4) is 0 Å². The zero-order valence-corrected chi connectivity index (χ0v) is 16.6. The van der Waals surface area contributed by atoms with Gasteiger partial charge in [0.2, 0.25) is 4.77 Å². The molecular formula is C23H20N4OS. The van der Waals surface area contributed by atoms with Gasteiger partial charge in [-0.25, -0.2) is 0 Å². The lowest BCUT2D eigenvalue weighted by molar-refractivity contribution is 0.363. The lowest BCUT2D eigenvalue weighted by Crippen LogP contribution is -2.01. The van der Waals surface area contributed by atoms with E-state index in [-0.39, 0.29) is 0 Å². The van der Waals surface area contributed by atoms with Crippen molar-refractivity contribution in [3.05, 3.63) is 101 Å². The maximum absolute atomic E-state index is 5.57. The molecule has 29 heavy (non-hydrogen) atoms. The molecule has 0 amide bonds. The molecule has 0 aliphatic rings. The summed E-state index contributed by atoms with van der Waals surface area (Å²) in [5.74, 6) is 1.52. The Morgan fingerprint density at radius 1 is 1.10 bits per heavy atom. The quantitative estimate of drug-likeness (QED) is 0.266. The van der Waals surface area contributed by atoms with Gasteiger partial charge < -0.3 is 4.74 Å². The van der Waals surface area contributed by atoms with E-state index in [0.29, 0.717) is 17.8 Å². The van der Waals surface area contributed by atoms with Crippen LogP contribution in [0.1, 0.15) is 17.0 Å². The number of aromatic amines is 1. The van der Waals surface area contributed by atoms with E-state index in [9.17, 15) is 0 Å². The van der Waals surface area contributed by atoms with E-state index in [2.05, 4.69) is 52.2 Å². The molecule has 3 aromatic carbocycles. The fraction of sp³-hybridized carbons (Fsp3) is 0.0870. The summed E-state index contributed by atoms with van der Waals surface area (Å²) in [4.78, 5) is 0. The smallest absolute Gasteiger partial charge is 0.216 e. The monoisotopic (exact) mass is 400 g/mol. The second-order valence-corrected chi connectivity index (χ2v) is 6.88. The third-order valence-electron chi connectivity index (χ3n) is 4.49. The molecule has 1 heterocycles. The van der Waals surface area contributed by atoms with Crippen molar-refractivity contribution in [2.45, 2.75) is 6.42 Å². The highest BCUT2D eigenvalue weighted by molar-refractivity contribution is 7.71. The fourth-order valence-electron chi connectivity index (χ4n) is 3.14. The number of fused-ring (bicyclic) bond motifs is 1. The van der Waals surface area contributed by atoms with Gasteiger partial charge in [-0.05, 0) is 46.2 Å². The molecule has 0 saturated heterocycles. The standard InChI is InChI=1S/C23H20N4OS/c1-2-13-28-20-11-5-7-17(14-20)16-24-27-22(25-26-23(27)29)15-19-10-6-9-18-8-3-4-12-21(18)19/h2-12,14,16H,1,13,15H2,(H,26,29)/b24-16-. The van der Waals surface area contributed by atoms with Crippen molar-refractivity contribution < 1.29 is 4.74 Å². The van der Waals surface area contributed by atoms with Gasteiger partial charge in [0.15, 0.2) is 5.82 Å². The molecule has 0 bridgehead atoms. The molecule has 0 spiro atoms. The summed E-state index contributed by atoms with van der Waals surface area (Å²) in [6, 6.07) is 22.3. The first-order valence-electron chi connectivity index (χ1n) is 9.25. The first-order chi connectivity index (χ1) is 14.2. The Balaban J connectivity index is 1.62. The number of nitrogens with one attached hydrogen (secondary N) is 1. The van der Waals surface area contributed by atoms with Crippen molar-refractivity contribution in [1.82, 2.24) is 14.9 Å². The number of aromatic nitrogens is 3. The summed E-state index contributed by atoms with van der Waals surface area (Å²) in [6.45, 7) is 4.13. The zero-order valence-electron chi connectivity index (χ0n) is 15.8. The topological polar surface area (TPSA) is 55.2 Å². The maximum Gasteiger partial charge on any atom is 0.216 e. The van der Waals surface area contributed by atoms with Crippen molar-refractivity contribution in [1.29, 1.82) is 0 Å². The van der Waals surface area contributed by atoms with Crippen LogP contribution in [0.5, 0.6) is 5.75 Å². The van der Waals surface area contributed by atoms with E-state index < -0.39 is 0 Å². The number of hydrogen-bond acceptors (Lipinski definition) is 4. The molecule has 4 aromatic rings. The molecule has 0 saturated carbocycles. The minimum Gasteiger partial charge on any atom is -0.490 e. The number of hydrogen-bond donors (Lipinski definition) is 1. The summed E-state index contributed by atoms with van der Waals surface area (Å²) in [5.41, 5.74) is 2.08. The molecule has 0 atom stereocenters. The Bertz CT molecular complexity index is 1230. The maximum atomic E-state index is 5.57. The van der Waals surface area contributed by atoms with E-state index in [0.717, 1.165) is 17.1 Å². The van der Waals surface area contributed by atoms with E-state index in [1.165, 1.54) is 16.3 Å². The third-order valence-corrected chi connectivity index (χ3v) is 4.76. The molecule has 1 aromatic heterocycles. The van der Waals surface area contributed by atoms with Gasteiger partial charge in [-0.15, -0.1) is 0 Å². The molecule has 1 N–H and O–H groups in total. The minimum atomic E-state index is 0.454. The van der Waals surface area contributed by atoms with Crippen molar-refractivity contribution in [3.8, 4) is 5.75 Å². The van der Waals surface area contributed by atoms with E-state index in [1.807, 2.05) is 36.4 Å². The van der Waals surface area contributed by atoms with Gasteiger partial charge in [0.05, 0.1) is 6.21 Å². The van der Waals surface area contributed by atoms with E-state index in [1.54, 1.807) is 17.0 Å². The van der Waals surface area contributed by atoms with Crippen molar-refractivity contribution in [2.75, 3.05) is 6.61 Å². The predicted molar refractivity (Wildman–Crippen MR) is 119 cm³/mol. The van der Waals surface area contributed by atoms with Crippen LogP contribution >= 0.6 is 12.2 Å². The SMILES string of the molecule is C=CCOc1cccc(/C=N\n2c(Cc3cccc4ccccc34)n[nH]c2=S)c1. The Labute approximate surface area is 174 Å². The molecular weight excluding hydrogens is 380 g/mol. The minimum absolute atomic E-state index is 0.454. The summed E-state index contributed by atoms with van der Waals surface area (Å²) in [5, 5.41) is 14.2. The number of ether oxygens (including phenoxy) is 1. The molecule has 0 aliphatic carbocycles. The summed E-state index contributed by atoms with van der Waals surface area (Å²) in [7, 11) is 0. The normalized spacial score (nSPS) is 11.2. The van der Waals surface area contributed by atoms with Gasteiger partial charge in [0.1, 0.15) is 12.4 Å². The van der Waals surface area contributed by atoms with Crippen LogP contribution in [0.2, 0.25) is 0 Å². The first-order valence-corrected chi connectivity index (χ1v) is 9.66. The average molecular weight is 401 g/mol. The molecule has 0 radical (unpaired) electrons. The summed E-state index contributed by atoms with van der Waals surface area (Å²) >= 11 is 5.38. The molecule has 0 fully saturated rings. The summed E-state index contributed by atoms with van der Waals surface area (Å²) in [6.07, 6.45) is 4.08. The number of benzene rings is 3. The van der Waals surface area contributed by atoms with Crippen LogP contribution in [-0.4, -0.2) is 27.7 Å². The van der Waals surface area contributed by atoms with Crippen LogP contribution in [0.15, 0.2) is 84.5 Å². The van der Waals surface area contributed by atoms with Gasteiger partial charge in [-0.3, -0.25) is 5.10 Å². The van der Waals surface area contributed by atoms with Gasteiger partial charge in [0.25, 0.3) is 0 Å². The third kappa shape index (κ3) is 4.33. The van der Waals surface area contributed by atoms with Gasteiger partial charge in [0, 0.05) is 6.42 Å². The van der Waals surface area contributed by atoms with Crippen LogP contribution in [-0.2, 0) is 6.42 Å². The Morgan fingerprint density at radius 2 is 1.93 bits per heavy atom. The van der Waals surface area contributed by atoms with E-state index in [4.69, 9.17) is 17.0 Å². The Kier molecular flexibility index (Phi) is 5.63. The molecule has 144 valence electrons. The number of nitrogens with zero attached hydrogens (tertiary/aromatic N) is 3. The Morgan fingerprint density at radius 3 is 2.83 bits per heavy atom. The van der Waals surface area contributed by atoms with Crippen molar-refractivity contribution in [2.24, 2.45) is 5.10 Å². The lowest BCUT2D eigenvalue weighted by Gasteiger charge is -2.06. The van der Waals surface area contributed by atoms with Crippen molar-refractivity contribution >= 4 is 29.2 Å². The van der Waals surface area contributed by atoms with E-state index >= 15 is 0 Å². The molecule has 5 nitrogen and oxygen atoms in total. The second-order valence-electron chi connectivity index (χ2n) is 6.49. The first kappa shape index (κ1) is 18.8. The fourth-order valence-corrected chi connectivity index (χ4v) is 3.34. The highest BCUT2D eigenvalue weighted by Gasteiger charge is 2.09. The number of H-pyrrole nitrogens is 1. The number of rotatable bonds is 7. The summed E-state index contributed by atoms with van der Waals surface area (Å²) < 4.78 is 7.69. The molecule has 0 unspecified atom stereocenters. The van der Waals surface area contributed by atoms with Gasteiger partial charge in [-0.1, -0.05) is 67.3 Å². The van der Waals surface area contributed by atoms with Crippen LogP contribution in [0, 0.1) is 4.77 Å².